The second-order valence-electron chi connectivity index (χ2n) is 5.71. The summed E-state index contributed by atoms with van der Waals surface area (Å²) in [5.41, 5.74) is 4.38. The van der Waals surface area contributed by atoms with Gasteiger partial charge in [0.2, 0.25) is 5.91 Å². The Morgan fingerprint density at radius 3 is 2.75 bits per heavy atom. The van der Waals surface area contributed by atoms with Crippen LogP contribution in [0.25, 0.3) is 11.1 Å². The van der Waals surface area contributed by atoms with Crippen molar-refractivity contribution in [3.8, 4) is 11.1 Å². The van der Waals surface area contributed by atoms with Gasteiger partial charge in [-0.3, -0.25) is 14.6 Å². The molecule has 4 nitrogen and oxygen atoms in total. The van der Waals surface area contributed by atoms with E-state index in [1.165, 1.54) is 6.08 Å². The molecular weight excluding hydrogens is 300 g/mol. The van der Waals surface area contributed by atoms with Gasteiger partial charge in [-0.2, -0.15) is 0 Å². The Hall–Kier alpha value is -2.75. The molecule has 0 atom stereocenters. The molecule has 0 radical (unpaired) electrons. The Bertz CT molecular complexity index is 766. The van der Waals surface area contributed by atoms with E-state index in [1.807, 2.05) is 44.2 Å². The molecule has 0 fully saturated rings. The third kappa shape index (κ3) is 4.62. The molecule has 24 heavy (non-hydrogen) atoms. The highest BCUT2D eigenvalue weighted by molar-refractivity contribution is 5.99. The average Bonchev–Trinajstić information content (AvgIpc) is 2.57. The summed E-state index contributed by atoms with van der Waals surface area (Å²) in [6.45, 7) is 7.37. The van der Waals surface area contributed by atoms with Crippen molar-refractivity contribution in [3.05, 3.63) is 60.4 Å². The SMILES string of the molecule is C=CC(=O)Nc1cccc(-c2cnc(C)c(CC(=O)CCC)c2)c1. The largest absolute Gasteiger partial charge is 0.323 e. The quantitative estimate of drug-likeness (QED) is 0.781. The topological polar surface area (TPSA) is 59.1 Å². The van der Waals surface area contributed by atoms with Crippen LogP contribution in [0.5, 0.6) is 0 Å². The van der Waals surface area contributed by atoms with Gasteiger partial charge in [0.25, 0.3) is 0 Å². The van der Waals surface area contributed by atoms with E-state index in [2.05, 4.69) is 16.9 Å². The van der Waals surface area contributed by atoms with Crippen molar-refractivity contribution in [2.45, 2.75) is 33.1 Å². The predicted octanol–water partition coefficient (Wildman–Crippen LogP) is 4.09. The molecule has 0 unspecified atom stereocenters. The van der Waals surface area contributed by atoms with Gasteiger partial charge in [-0.25, -0.2) is 0 Å². The van der Waals surface area contributed by atoms with E-state index in [0.717, 1.165) is 28.8 Å². The summed E-state index contributed by atoms with van der Waals surface area (Å²) < 4.78 is 0. The number of aromatic nitrogens is 1. The Morgan fingerprint density at radius 2 is 2.04 bits per heavy atom. The van der Waals surface area contributed by atoms with Crippen LogP contribution < -0.4 is 5.32 Å². The van der Waals surface area contributed by atoms with Gasteiger partial charge in [-0.1, -0.05) is 25.6 Å². The molecule has 0 aliphatic heterocycles. The lowest BCUT2D eigenvalue weighted by atomic mass is 10.00. The van der Waals surface area contributed by atoms with Gasteiger partial charge >= 0.3 is 0 Å². The fraction of sp³-hybridized carbons (Fsp3) is 0.250. The second-order valence-corrected chi connectivity index (χ2v) is 5.71. The van der Waals surface area contributed by atoms with Crippen LogP contribution in [0, 0.1) is 6.92 Å². The lowest BCUT2D eigenvalue weighted by Crippen LogP contribution is -2.07. The number of hydrogen-bond donors (Lipinski definition) is 1. The molecule has 0 aliphatic rings. The van der Waals surface area contributed by atoms with E-state index >= 15 is 0 Å². The van der Waals surface area contributed by atoms with E-state index in [4.69, 9.17) is 0 Å². The molecule has 124 valence electrons. The molecule has 2 rings (SSSR count). The standard InChI is InChI=1S/C20H22N2O2/c1-4-7-19(23)12-16-10-17(13-21-14(16)3)15-8-6-9-18(11-15)22-20(24)5-2/h5-6,8-11,13H,2,4,7,12H2,1,3H3,(H,22,24). The fourth-order valence-corrected chi connectivity index (χ4v) is 2.46. The summed E-state index contributed by atoms with van der Waals surface area (Å²) in [7, 11) is 0. The Morgan fingerprint density at radius 1 is 1.25 bits per heavy atom. The van der Waals surface area contributed by atoms with E-state index in [9.17, 15) is 9.59 Å². The van der Waals surface area contributed by atoms with Crippen LogP contribution in [0.1, 0.15) is 31.0 Å². The third-order valence-corrected chi connectivity index (χ3v) is 3.76. The number of Topliss-reactive ketones (excluding diaryl/α,β-unsaturated/α-hetero) is 1. The Kier molecular flexibility index (Phi) is 6.01. The zero-order valence-corrected chi connectivity index (χ0v) is 14.1. The van der Waals surface area contributed by atoms with Gasteiger partial charge < -0.3 is 5.32 Å². The fourth-order valence-electron chi connectivity index (χ4n) is 2.46. The van der Waals surface area contributed by atoms with Crippen LogP contribution in [0.3, 0.4) is 0 Å². The summed E-state index contributed by atoms with van der Waals surface area (Å²) in [5, 5.41) is 2.75. The normalized spacial score (nSPS) is 10.2. The summed E-state index contributed by atoms with van der Waals surface area (Å²) in [6, 6.07) is 9.53. The van der Waals surface area contributed by atoms with Gasteiger partial charge in [0.15, 0.2) is 0 Å². The number of aryl methyl sites for hydroxylation is 1. The maximum atomic E-state index is 11.9. The van der Waals surface area contributed by atoms with E-state index in [-0.39, 0.29) is 11.7 Å². The maximum absolute atomic E-state index is 11.9. The smallest absolute Gasteiger partial charge is 0.247 e. The lowest BCUT2D eigenvalue weighted by molar-refractivity contribution is -0.118. The number of pyridine rings is 1. The number of nitrogens with one attached hydrogen (secondary N) is 1. The number of benzene rings is 1. The highest BCUT2D eigenvalue weighted by atomic mass is 16.1. The first kappa shape index (κ1) is 17.6. The number of carbonyl (C=O) groups is 2. The molecule has 0 saturated heterocycles. The molecule has 1 heterocycles. The van der Waals surface area contributed by atoms with Gasteiger partial charge in [-0.15, -0.1) is 0 Å². The maximum Gasteiger partial charge on any atom is 0.247 e. The van der Waals surface area contributed by atoms with Crippen molar-refractivity contribution in [2.75, 3.05) is 5.32 Å². The minimum absolute atomic E-state index is 0.228. The minimum atomic E-state index is -0.250. The van der Waals surface area contributed by atoms with Crippen LogP contribution >= 0.6 is 0 Å². The Labute approximate surface area is 142 Å². The summed E-state index contributed by atoms with van der Waals surface area (Å²) in [6.07, 6.45) is 4.88. The summed E-state index contributed by atoms with van der Waals surface area (Å²) >= 11 is 0. The van der Waals surface area contributed by atoms with Crippen LogP contribution in [-0.4, -0.2) is 16.7 Å². The van der Waals surface area contributed by atoms with Crippen molar-refractivity contribution in [1.29, 1.82) is 0 Å². The van der Waals surface area contributed by atoms with Crippen LogP contribution in [0.15, 0.2) is 49.2 Å². The van der Waals surface area contributed by atoms with E-state index in [0.29, 0.717) is 18.5 Å². The molecule has 0 saturated carbocycles. The number of hydrogen-bond acceptors (Lipinski definition) is 3. The number of anilines is 1. The van der Waals surface area contributed by atoms with Crippen molar-refractivity contribution in [2.24, 2.45) is 0 Å². The van der Waals surface area contributed by atoms with Gasteiger partial charge in [0.05, 0.1) is 0 Å². The van der Waals surface area contributed by atoms with Crippen molar-refractivity contribution in [3.63, 3.8) is 0 Å². The van der Waals surface area contributed by atoms with E-state index < -0.39 is 0 Å². The summed E-state index contributed by atoms with van der Waals surface area (Å²) in [4.78, 5) is 27.8. The Balaban J connectivity index is 2.29. The molecule has 0 bridgehead atoms. The molecule has 4 heteroatoms. The van der Waals surface area contributed by atoms with Gasteiger partial charge in [-0.05, 0) is 48.7 Å². The van der Waals surface area contributed by atoms with Crippen molar-refractivity contribution in [1.82, 2.24) is 4.98 Å². The number of ketones is 1. The highest BCUT2D eigenvalue weighted by Gasteiger charge is 2.09. The van der Waals surface area contributed by atoms with Gasteiger partial charge in [0.1, 0.15) is 5.78 Å². The first-order chi connectivity index (χ1) is 11.5. The first-order valence-electron chi connectivity index (χ1n) is 8.04. The molecule has 0 spiro atoms. The van der Waals surface area contributed by atoms with Crippen LogP contribution in [-0.2, 0) is 16.0 Å². The number of rotatable bonds is 7. The first-order valence-corrected chi connectivity index (χ1v) is 8.04. The highest BCUT2D eigenvalue weighted by Crippen LogP contribution is 2.24. The molecule has 1 amide bonds. The average molecular weight is 322 g/mol. The third-order valence-electron chi connectivity index (χ3n) is 3.76. The molecule has 2 aromatic rings. The number of amides is 1. The molecule has 0 aliphatic carbocycles. The van der Waals surface area contributed by atoms with Crippen LogP contribution in [0.2, 0.25) is 0 Å². The number of nitrogens with zero attached hydrogens (tertiary/aromatic N) is 1. The van der Waals surface area contributed by atoms with Crippen LogP contribution in [0.4, 0.5) is 5.69 Å². The zero-order valence-electron chi connectivity index (χ0n) is 14.1. The van der Waals surface area contributed by atoms with Gasteiger partial charge in [0, 0.05) is 36.0 Å². The van der Waals surface area contributed by atoms with Crippen molar-refractivity contribution >= 4 is 17.4 Å². The van der Waals surface area contributed by atoms with E-state index in [1.54, 1.807) is 6.20 Å². The molecule has 1 aromatic carbocycles. The monoisotopic (exact) mass is 322 g/mol. The molecule has 1 aromatic heterocycles. The van der Waals surface area contributed by atoms with Crippen molar-refractivity contribution < 1.29 is 9.59 Å². The molecule has 1 N–H and O–H groups in total. The number of carbonyl (C=O) groups excluding carboxylic acids is 2. The molecular formula is C20H22N2O2. The minimum Gasteiger partial charge on any atom is -0.323 e. The zero-order chi connectivity index (χ0) is 17.5. The summed E-state index contributed by atoms with van der Waals surface area (Å²) in [5.74, 6) is -0.0217. The predicted molar refractivity (Wildman–Crippen MR) is 96.9 cm³/mol. The second kappa shape index (κ2) is 8.20. The lowest BCUT2D eigenvalue weighted by Gasteiger charge is -2.09.